The minimum atomic E-state index is 0.981. The molecule has 0 unspecified atom stereocenters. The summed E-state index contributed by atoms with van der Waals surface area (Å²) in [6.45, 7) is 7.46. The number of aromatic nitrogens is 2. The van der Waals surface area contributed by atoms with Gasteiger partial charge < -0.3 is 5.32 Å². The largest absolute Gasteiger partial charge is 0.314 e. The number of nitrogens with zero attached hydrogens (tertiary/aromatic N) is 3. The molecule has 0 atom stereocenters. The van der Waals surface area contributed by atoms with Gasteiger partial charge in [-0.2, -0.15) is 5.10 Å². The van der Waals surface area contributed by atoms with E-state index in [4.69, 9.17) is 0 Å². The first-order valence-electron chi connectivity index (χ1n) is 6.95. The molecular weight excluding hydrogens is 316 g/mol. The number of aryl methyl sites for hydroxylation is 1. The summed E-state index contributed by atoms with van der Waals surface area (Å²) < 4.78 is 3.07. The lowest BCUT2D eigenvalue weighted by Crippen LogP contribution is -2.42. The van der Waals surface area contributed by atoms with Crippen molar-refractivity contribution in [1.82, 2.24) is 20.0 Å². The van der Waals surface area contributed by atoms with E-state index >= 15 is 0 Å². The number of hydrogen-bond acceptors (Lipinski definition) is 3. The van der Waals surface area contributed by atoms with Gasteiger partial charge in [-0.05, 0) is 24.6 Å². The molecule has 1 aromatic carbocycles. The van der Waals surface area contributed by atoms with Gasteiger partial charge in [0, 0.05) is 49.0 Å². The fourth-order valence-electron chi connectivity index (χ4n) is 2.43. The summed E-state index contributed by atoms with van der Waals surface area (Å²) in [6.07, 6.45) is 4.09. The summed E-state index contributed by atoms with van der Waals surface area (Å²) in [5.41, 5.74) is 3.60. The van der Waals surface area contributed by atoms with Crippen LogP contribution >= 0.6 is 15.9 Å². The van der Waals surface area contributed by atoms with Crippen LogP contribution in [0.15, 0.2) is 35.1 Å². The molecule has 0 amide bonds. The van der Waals surface area contributed by atoms with Crippen LogP contribution in [0.3, 0.4) is 0 Å². The lowest BCUT2D eigenvalue weighted by atomic mass is 10.2. The average molecular weight is 335 g/mol. The molecule has 1 aliphatic rings. The predicted octanol–water partition coefficient (Wildman–Crippen LogP) is 2.35. The lowest BCUT2D eigenvalue weighted by molar-refractivity contribution is 0.233. The monoisotopic (exact) mass is 334 g/mol. The molecule has 2 aromatic rings. The molecular formula is C15H19BrN4. The van der Waals surface area contributed by atoms with Crippen LogP contribution in [0.1, 0.15) is 11.1 Å². The Labute approximate surface area is 127 Å². The second-order valence-electron chi connectivity index (χ2n) is 5.25. The molecule has 0 bridgehead atoms. The van der Waals surface area contributed by atoms with Crippen molar-refractivity contribution >= 4 is 15.9 Å². The van der Waals surface area contributed by atoms with Gasteiger partial charge in [-0.3, -0.25) is 4.90 Å². The second-order valence-corrected chi connectivity index (χ2v) is 6.11. The highest BCUT2D eigenvalue weighted by atomic mass is 79.9. The molecule has 1 saturated heterocycles. The van der Waals surface area contributed by atoms with Gasteiger partial charge >= 0.3 is 0 Å². The Morgan fingerprint density at radius 2 is 2.10 bits per heavy atom. The number of hydrogen-bond donors (Lipinski definition) is 1. The van der Waals surface area contributed by atoms with Gasteiger partial charge in [0.05, 0.1) is 11.9 Å². The zero-order valence-electron chi connectivity index (χ0n) is 11.6. The summed E-state index contributed by atoms with van der Waals surface area (Å²) in [6, 6.07) is 6.32. The Morgan fingerprint density at radius 3 is 2.85 bits per heavy atom. The highest BCUT2D eigenvalue weighted by Crippen LogP contribution is 2.20. The molecule has 1 aromatic heterocycles. The average Bonchev–Trinajstić information content (AvgIpc) is 2.91. The molecule has 20 heavy (non-hydrogen) atoms. The van der Waals surface area contributed by atoms with E-state index in [9.17, 15) is 0 Å². The van der Waals surface area contributed by atoms with Gasteiger partial charge in [0.1, 0.15) is 0 Å². The van der Waals surface area contributed by atoms with Crippen LogP contribution in [-0.2, 0) is 6.54 Å². The van der Waals surface area contributed by atoms with Crippen LogP contribution in [-0.4, -0.2) is 40.9 Å². The Morgan fingerprint density at radius 1 is 1.30 bits per heavy atom. The van der Waals surface area contributed by atoms with E-state index in [0.717, 1.165) is 42.9 Å². The van der Waals surface area contributed by atoms with Crippen molar-refractivity contribution in [3.05, 3.63) is 46.2 Å². The third kappa shape index (κ3) is 3.11. The van der Waals surface area contributed by atoms with Crippen molar-refractivity contribution < 1.29 is 0 Å². The van der Waals surface area contributed by atoms with Crippen molar-refractivity contribution in [2.75, 3.05) is 26.2 Å². The van der Waals surface area contributed by atoms with E-state index in [1.165, 1.54) is 11.1 Å². The van der Waals surface area contributed by atoms with Crippen LogP contribution in [0, 0.1) is 6.92 Å². The van der Waals surface area contributed by atoms with E-state index in [1.54, 1.807) is 0 Å². The van der Waals surface area contributed by atoms with E-state index < -0.39 is 0 Å². The van der Waals surface area contributed by atoms with E-state index in [1.807, 2.05) is 10.9 Å². The standard InChI is InChI=1S/C15H19BrN4/c1-12-2-3-14(8-15(12)16)20-11-13(9-18-20)10-19-6-4-17-5-7-19/h2-3,8-9,11,17H,4-7,10H2,1H3. The first-order chi connectivity index (χ1) is 9.72. The maximum Gasteiger partial charge on any atom is 0.0657 e. The molecule has 1 fully saturated rings. The Hall–Kier alpha value is -1.17. The van der Waals surface area contributed by atoms with Gasteiger partial charge in [-0.1, -0.05) is 22.0 Å². The number of rotatable bonds is 3. The Kier molecular flexibility index (Phi) is 4.19. The third-order valence-corrected chi connectivity index (χ3v) is 4.53. The molecule has 5 heteroatoms. The van der Waals surface area contributed by atoms with Crippen LogP contribution in [0.2, 0.25) is 0 Å². The van der Waals surface area contributed by atoms with E-state index in [-0.39, 0.29) is 0 Å². The molecule has 1 N–H and O–H groups in total. The topological polar surface area (TPSA) is 33.1 Å². The number of halogens is 1. The quantitative estimate of drug-likeness (QED) is 0.935. The maximum atomic E-state index is 4.48. The summed E-state index contributed by atoms with van der Waals surface area (Å²) in [5.74, 6) is 0. The van der Waals surface area contributed by atoms with Crippen LogP contribution in [0.5, 0.6) is 0 Å². The van der Waals surface area contributed by atoms with Crippen molar-refractivity contribution in [2.45, 2.75) is 13.5 Å². The van der Waals surface area contributed by atoms with Crippen LogP contribution < -0.4 is 5.32 Å². The van der Waals surface area contributed by atoms with Gasteiger partial charge in [0.15, 0.2) is 0 Å². The first-order valence-corrected chi connectivity index (χ1v) is 7.75. The van der Waals surface area contributed by atoms with Crippen molar-refractivity contribution in [3.8, 4) is 5.69 Å². The third-order valence-electron chi connectivity index (χ3n) is 3.67. The zero-order valence-corrected chi connectivity index (χ0v) is 13.2. The molecule has 2 heterocycles. The molecule has 0 spiro atoms. The molecule has 0 aliphatic carbocycles. The van der Waals surface area contributed by atoms with Gasteiger partial charge in [0.2, 0.25) is 0 Å². The Bertz CT molecular complexity index is 587. The van der Waals surface area contributed by atoms with Crippen molar-refractivity contribution in [3.63, 3.8) is 0 Å². The number of piperazine rings is 1. The zero-order chi connectivity index (χ0) is 13.9. The van der Waals surface area contributed by atoms with Crippen LogP contribution in [0.25, 0.3) is 5.69 Å². The lowest BCUT2D eigenvalue weighted by Gasteiger charge is -2.26. The summed E-state index contributed by atoms with van der Waals surface area (Å²) in [7, 11) is 0. The fourth-order valence-corrected chi connectivity index (χ4v) is 2.80. The van der Waals surface area contributed by atoms with Crippen LogP contribution in [0.4, 0.5) is 0 Å². The highest BCUT2D eigenvalue weighted by molar-refractivity contribution is 9.10. The SMILES string of the molecule is Cc1ccc(-n2cc(CN3CCNCC3)cn2)cc1Br. The summed E-state index contributed by atoms with van der Waals surface area (Å²) in [5, 5.41) is 7.85. The summed E-state index contributed by atoms with van der Waals surface area (Å²) in [4.78, 5) is 2.46. The molecule has 106 valence electrons. The minimum Gasteiger partial charge on any atom is -0.314 e. The maximum absolute atomic E-state index is 4.48. The van der Waals surface area contributed by atoms with Crippen molar-refractivity contribution in [2.24, 2.45) is 0 Å². The second kappa shape index (κ2) is 6.08. The van der Waals surface area contributed by atoms with Crippen molar-refractivity contribution in [1.29, 1.82) is 0 Å². The molecule has 3 rings (SSSR count). The Balaban J connectivity index is 1.73. The molecule has 4 nitrogen and oxygen atoms in total. The van der Waals surface area contributed by atoms with Gasteiger partial charge in [-0.15, -0.1) is 0 Å². The van der Waals surface area contributed by atoms with Gasteiger partial charge in [-0.25, -0.2) is 4.68 Å². The molecule has 0 saturated carbocycles. The van der Waals surface area contributed by atoms with E-state index in [0.29, 0.717) is 0 Å². The fraction of sp³-hybridized carbons (Fsp3) is 0.400. The number of benzene rings is 1. The summed E-state index contributed by atoms with van der Waals surface area (Å²) >= 11 is 3.57. The number of nitrogens with one attached hydrogen (secondary N) is 1. The normalized spacial score (nSPS) is 16.5. The van der Waals surface area contributed by atoms with Gasteiger partial charge in [0.25, 0.3) is 0 Å². The minimum absolute atomic E-state index is 0.981. The smallest absolute Gasteiger partial charge is 0.0657 e. The van der Waals surface area contributed by atoms with E-state index in [2.05, 4.69) is 62.6 Å². The molecule has 1 aliphatic heterocycles. The highest BCUT2D eigenvalue weighted by Gasteiger charge is 2.11. The first kappa shape index (κ1) is 13.8. The molecule has 0 radical (unpaired) electrons. The predicted molar refractivity (Wildman–Crippen MR) is 84.1 cm³/mol.